The number of nitrogen functional groups attached to an aromatic ring is 1. The second-order valence-electron chi connectivity index (χ2n) is 8.54. The van der Waals surface area contributed by atoms with E-state index in [-0.39, 0.29) is 18.0 Å². The zero-order chi connectivity index (χ0) is 22.2. The molecule has 4 heterocycles. The molecule has 8 heteroatoms. The monoisotopic (exact) mass is 443 g/mol. The molecule has 8 nitrogen and oxygen atoms in total. The van der Waals surface area contributed by atoms with Gasteiger partial charge in [0, 0.05) is 24.6 Å². The Kier molecular flexibility index (Phi) is 5.07. The number of imidazole rings is 1. The van der Waals surface area contributed by atoms with Crippen LogP contribution in [0, 0.1) is 0 Å². The second kappa shape index (κ2) is 8.37. The van der Waals surface area contributed by atoms with E-state index < -0.39 is 0 Å². The van der Waals surface area contributed by atoms with Crippen LogP contribution in [0.15, 0.2) is 48.7 Å². The molecule has 0 saturated carbocycles. The first-order valence-corrected chi connectivity index (χ1v) is 11.3. The maximum Gasteiger partial charge on any atom is 0.220 e. The molecule has 2 aromatic heterocycles. The maximum atomic E-state index is 6.46. The zero-order valence-electron chi connectivity index (χ0n) is 18.2. The highest BCUT2D eigenvalue weighted by Gasteiger charge is 2.25. The number of aromatic nitrogens is 4. The highest BCUT2D eigenvalue weighted by atomic mass is 16.5. The maximum absolute atomic E-state index is 6.46. The van der Waals surface area contributed by atoms with Crippen molar-refractivity contribution in [3.63, 3.8) is 0 Å². The Hall–Kier alpha value is -3.65. The third-order valence-corrected chi connectivity index (χ3v) is 6.27. The summed E-state index contributed by atoms with van der Waals surface area (Å²) < 4.78 is 18.0. The highest BCUT2D eigenvalue weighted by molar-refractivity contribution is 5.87. The number of fused-ring (bicyclic) bond motifs is 2. The Morgan fingerprint density at radius 2 is 1.94 bits per heavy atom. The number of rotatable bonds is 4. The number of nitrogens with zero attached hydrogens (tertiary/aromatic N) is 3. The normalized spacial score (nSPS) is 18.6. The standard InChI is InChI=1S/C25H25N5O3/c26-25-27-8-5-19(29-25)16-12-20-23(22(13-16)33-18-6-9-31-10-7-18)30-24(28-20)17-11-15-3-1-2-4-21(15)32-14-17/h1-5,8,12-13,17-18H,6-7,9-11,14H2,(H,28,30)(H2,26,27,29). The first-order valence-electron chi connectivity index (χ1n) is 11.3. The molecule has 1 saturated heterocycles. The van der Waals surface area contributed by atoms with E-state index in [1.54, 1.807) is 6.20 Å². The predicted octanol–water partition coefficient (Wildman–Crippen LogP) is 3.88. The first kappa shape index (κ1) is 20.0. The van der Waals surface area contributed by atoms with E-state index >= 15 is 0 Å². The van der Waals surface area contributed by atoms with Gasteiger partial charge in [-0.3, -0.25) is 0 Å². The van der Waals surface area contributed by atoms with Gasteiger partial charge in [-0.25, -0.2) is 15.0 Å². The third kappa shape index (κ3) is 3.98. The van der Waals surface area contributed by atoms with Crippen molar-refractivity contribution in [3.8, 4) is 22.8 Å². The van der Waals surface area contributed by atoms with E-state index in [1.165, 1.54) is 5.56 Å². The van der Waals surface area contributed by atoms with Gasteiger partial charge in [0.15, 0.2) is 0 Å². The fourth-order valence-electron chi connectivity index (χ4n) is 4.55. The molecule has 1 atom stereocenters. The lowest BCUT2D eigenvalue weighted by molar-refractivity contribution is 0.0261. The van der Waals surface area contributed by atoms with E-state index in [1.807, 2.05) is 36.4 Å². The molecule has 2 aromatic carbocycles. The van der Waals surface area contributed by atoms with Crippen LogP contribution in [-0.2, 0) is 11.2 Å². The van der Waals surface area contributed by atoms with Gasteiger partial charge in [0.2, 0.25) is 5.95 Å². The summed E-state index contributed by atoms with van der Waals surface area (Å²) in [6, 6.07) is 14.0. The summed E-state index contributed by atoms with van der Waals surface area (Å²) in [5.41, 5.74) is 10.4. The molecule has 0 amide bonds. The van der Waals surface area contributed by atoms with Crippen molar-refractivity contribution in [2.24, 2.45) is 0 Å². The number of aromatic amines is 1. The van der Waals surface area contributed by atoms with E-state index in [4.69, 9.17) is 24.9 Å². The van der Waals surface area contributed by atoms with Gasteiger partial charge in [0.05, 0.1) is 36.9 Å². The van der Waals surface area contributed by atoms with Crippen LogP contribution < -0.4 is 15.2 Å². The van der Waals surface area contributed by atoms with Crippen LogP contribution in [0.3, 0.4) is 0 Å². The molecule has 2 aliphatic heterocycles. The molecule has 3 N–H and O–H groups in total. The fourth-order valence-corrected chi connectivity index (χ4v) is 4.55. The van der Waals surface area contributed by atoms with E-state index in [2.05, 4.69) is 21.0 Å². The minimum Gasteiger partial charge on any atom is -0.493 e. The predicted molar refractivity (Wildman–Crippen MR) is 124 cm³/mol. The smallest absolute Gasteiger partial charge is 0.220 e. The second-order valence-corrected chi connectivity index (χ2v) is 8.54. The van der Waals surface area contributed by atoms with Gasteiger partial charge in [-0.05, 0) is 36.2 Å². The number of anilines is 1. The van der Waals surface area contributed by atoms with Gasteiger partial charge in [0.1, 0.15) is 28.9 Å². The van der Waals surface area contributed by atoms with Crippen LogP contribution in [0.25, 0.3) is 22.3 Å². The van der Waals surface area contributed by atoms with Gasteiger partial charge in [0.25, 0.3) is 0 Å². The molecule has 33 heavy (non-hydrogen) atoms. The Morgan fingerprint density at radius 1 is 1.06 bits per heavy atom. The number of hydrogen-bond acceptors (Lipinski definition) is 7. The minimum atomic E-state index is 0.101. The SMILES string of the molecule is Nc1nccc(-c2cc(OC3CCOCC3)c3[nH]c(C4COc5ccccc5C4)nc3c2)n1. The Labute approximate surface area is 191 Å². The van der Waals surface area contributed by atoms with E-state index in [0.29, 0.717) is 19.8 Å². The van der Waals surface area contributed by atoms with Crippen molar-refractivity contribution in [3.05, 3.63) is 60.0 Å². The number of ether oxygens (including phenoxy) is 3. The lowest BCUT2D eigenvalue weighted by atomic mass is 9.96. The molecule has 1 unspecified atom stereocenters. The highest BCUT2D eigenvalue weighted by Crippen LogP contribution is 2.36. The zero-order valence-corrected chi connectivity index (χ0v) is 18.2. The van der Waals surface area contributed by atoms with Crippen molar-refractivity contribution >= 4 is 17.0 Å². The van der Waals surface area contributed by atoms with Crippen LogP contribution >= 0.6 is 0 Å². The lowest BCUT2D eigenvalue weighted by Crippen LogP contribution is -2.26. The Balaban J connectivity index is 1.40. The van der Waals surface area contributed by atoms with Crippen LogP contribution in [0.5, 0.6) is 11.5 Å². The van der Waals surface area contributed by atoms with Crippen LogP contribution in [0.1, 0.15) is 30.1 Å². The van der Waals surface area contributed by atoms with Gasteiger partial charge >= 0.3 is 0 Å². The molecule has 0 spiro atoms. The third-order valence-electron chi connectivity index (χ3n) is 6.27. The van der Waals surface area contributed by atoms with Crippen molar-refractivity contribution in [1.29, 1.82) is 0 Å². The van der Waals surface area contributed by atoms with Gasteiger partial charge < -0.3 is 24.9 Å². The molecule has 4 aromatic rings. The average molecular weight is 444 g/mol. The van der Waals surface area contributed by atoms with E-state index in [0.717, 1.165) is 58.9 Å². The summed E-state index contributed by atoms with van der Waals surface area (Å²) in [4.78, 5) is 16.9. The summed E-state index contributed by atoms with van der Waals surface area (Å²) in [5.74, 6) is 3.00. The molecule has 2 aliphatic rings. The number of nitrogens with one attached hydrogen (secondary N) is 1. The van der Waals surface area contributed by atoms with Crippen LogP contribution in [-0.4, -0.2) is 45.9 Å². The van der Waals surface area contributed by atoms with E-state index in [9.17, 15) is 0 Å². The van der Waals surface area contributed by atoms with Crippen LogP contribution in [0.2, 0.25) is 0 Å². The van der Waals surface area contributed by atoms with Crippen molar-refractivity contribution in [2.75, 3.05) is 25.6 Å². The molecular weight excluding hydrogens is 418 g/mol. The molecule has 1 fully saturated rings. The molecule has 6 rings (SSSR count). The van der Waals surface area contributed by atoms with Crippen LogP contribution in [0.4, 0.5) is 5.95 Å². The first-order chi connectivity index (χ1) is 16.2. The Morgan fingerprint density at radius 3 is 2.82 bits per heavy atom. The van der Waals surface area contributed by atoms with Gasteiger partial charge in [-0.1, -0.05) is 18.2 Å². The molecule has 0 bridgehead atoms. The number of para-hydroxylation sites is 1. The molecule has 168 valence electrons. The van der Waals surface area contributed by atoms with Crippen molar-refractivity contribution < 1.29 is 14.2 Å². The summed E-state index contributed by atoms with van der Waals surface area (Å²) in [6.45, 7) is 2.01. The topological polar surface area (TPSA) is 108 Å². The Bertz CT molecular complexity index is 1300. The number of H-pyrrole nitrogens is 1. The summed E-state index contributed by atoms with van der Waals surface area (Å²) in [5, 5.41) is 0. The van der Waals surface area contributed by atoms with Gasteiger partial charge in [-0.15, -0.1) is 0 Å². The summed E-state index contributed by atoms with van der Waals surface area (Å²) in [6.07, 6.45) is 4.36. The summed E-state index contributed by atoms with van der Waals surface area (Å²) in [7, 11) is 0. The molecule has 0 aliphatic carbocycles. The van der Waals surface area contributed by atoms with Crippen molar-refractivity contribution in [1.82, 2.24) is 19.9 Å². The largest absolute Gasteiger partial charge is 0.493 e. The fraction of sp³-hybridized carbons (Fsp3) is 0.320. The summed E-state index contributed by atoms with van der Waals surface area (Å²) >= 11 is 0. The average Bonchev–Trinajstić information content (AvgIpc) is 3.29. The molecular formula is C25H25N5O3. The van der Waals surface area contributed by atoms with Gasteiger partial charge in [-0.2, -0.15) is 0 Å². The quantitative estimate of drug-likeness (QED) is 0.493. The van der Waals surface area contributed by atoms with Crippen molar-refractivity contribution in [2.45, 2.75) is 31.3 Å². The minimum absolute atomic E-state index is 0.101. The molecule has 0 radical (unpaired) electrons. The number of nitrogens with two attached hydrogens (primary N) is 1. The lowest BCUT2D eigenvalue weighted by Gasteiger charge is -2.24. The number of hydrogen-bond donors (Lipinski definition) is 2. The number of benzene rings is 2.